The summed E-state index contributed by atoms with van der Waals surface area (Å²) in [7, 11) is 1.30. The highest BCUT2D eigenvalue weighted by atomic mass is 35.5. The van der Waals surface area contributed by atoms with E-state index < -0.39 is 23.9 Å². The van der Waals surface area contributed by atoms with Crippen molar-refractivity contribution in [3.63, 3.8) is 0 Å². The van der Waals surface area contributed by atoms with Crippen LogP contribution in [0.5, 0.6) is 0 Å². The molecule has 1 amide bonds. The Morgan fingerprint density at radius 1 is 1.06 bits per heavy atom. The first-order valence-corrected chi connectivity index (χ1v) is 11.4. The molecule has 186 valence electrons. The maximum Gasteiger partial charge on any atom is 0.326 e. The number of carboxylic acid groups (broad SMARTS) is 1. The zero-order chi connectivity index (χ0) is 26.1. The number of hydrogen-bond donors (Lipinski definition) is 2. The van der Waals surface area contributed by atoms with Crippen molar-refractivity contribution in [3.05, 3.63) is 88.2 Å². The summed E-state index contributed by atoms with van der Waals surface area (Å²) in [6.07, 6.45) is 6.52. The third-order valence-corrected chi connectivity index (χ3v) is 5.62. The van der Waals surface area contributed by atoms with Gasteiger partial charge in [0, 0.05) is 18.1 Å². The number of benzene rings is 2. The van der Waals surface area contributed by atoms with Crippen LogP contribution in [0.2, 0.25) is 10.0 Å². The fraction of sp³-hybridized carbons (Fsp3) is 0.160. The van der Waals surface area contributed by atoms with Gasteiger partial charge in [0.25, 0.3) is 5.91 Å². The Labute approximate surface area is 217 Å². The molecule has 1 unspecified atom stereocenters. The van der Waals surface area contributed by atoms with E-state index >= 15 is 0 Å². The van der Waals surface area contributed by atoms with E-state index in [9.17, 15) is 19.5 Å². The lowest BCUT2D eigenvalue weighted by Crippen LogP contribution is -2.40. The molecule has 3 aromatic rings. The van der Waals surface area contributed by atoms with Gasteiger partial charge >= 0.3 is 11.9 Å². The van der Waals surface area contributed by atoms with E-state index in [2.05, 4.69) is 15.3 Å². The number of carbonyl (C=O) groups is 3. The standard InChI is InChI=1S/C25H22Cl2N4O5/c1-36-21(32)15-31(25-28-13-4-14-29-25)17-11-9-16(10-12-17)5-2-8-20(24(34)35)30-23(33)22-18(26)6-3-7-19(22)27/h2-7,9-14,20H,8,15H2,1H3,(H,30,33)(H,34,35)/b5-2+. The molecular weight excluding hydrogens is 507 g/mol. The highest BCUT2D eigenvalue weighted by Crippen LogP contribution is 2.25. The summed E-state index contributed by atoms with van der Waals surface area (Å²) in [5.41, 5.74) is 1.46. The first-order valence-electron chi connectivity index (χ1n) is 10.7. The number of nitrogens with zero attached hydrogens (tertiary/aromatic N) is 3. The Bertz CT molecular complexity index is 1230. The number of rotatable bonds is 10. The van der Waals surface area contributed by atoms with Crippen molar-refractivity contribution >= 4 is 58.8 Å². The van der Waals surface area contributed by atoms with Gasteiger partial charge in [-0.15, -0.1) is 0 Å². The maximum atomic E-state index is 12.5. The number of aromatic nitrogens is 2. The molecule has 2 N–H and O–H groups in total. The molecule has 0 saturated heterocycles. The van der Waals surface area contributed by atoms with Gasteiger partial charge in [-0.05, 0) is 42.3 Å². The van der Waals surface area contributed by atoms with Crippen LogP contribution in [0.25, 0.3) is 6.08 Å². The third kappa shape index (κ3) is 7.03. The zero-order valence-electron chi connectivity index (χ0n) is 19.1. The Morgan fingerprint density at radius 2 is 1.69 bits per heavy atom. The summed E-state index contributed by atoms with van der Waals surface area (Å²) in [4.78, 5) is 46.1. The molecule has 0 radical (unpaired) electrons. The molecule has 9 nitrogen and oxygen atoms in total. The average Bonchev–Trinajstić information content (AvgIpc) is 2.87. The van der Waals surface area contributed by atoms with Gasteiger partial charge in [0.15, 0.2) is 0 Å². The third-order valence-electron chi connectivity index (χ3n) is 4.99. The molecule has 0 bridgehead atoms. The lowest BCUT2D eigenvalue weighted by Gasteiger charge is -2.21. The molecule has 1 aromatic heterocycles. The van der Waals surface area contributed by atoms with Crippen LogP contribution in [0.4, 0.5) is 11.6 Å². The van der Waals surface area contributed by atoms with Crippen LogP contribution >= 0.6 is 23.2 Å². The molecular formula is C25H22Cl2N4O5. The highest BCUT2D eigenvalue weighted by molar-refractivity contribution is 6.39. The van der Waals surface area contributed by atoms with E-state index in [-0.39, 0.29) is 28.6 Å². The molecule has 0 aliphatic heterocycles. The molecule has 1 atom stereocenters. The lowest BCUT2D eigenvalue weighted by molar-refractivity contribution is -0.139. The topological polar surface area (TPSA) is 122 Å². The Morgan fingerprint density at radius 3 is 2.28 bits per heavy atom. The number of halogens is 2. The van der Waals surface area contributed by atoms with E-state index in [1.54, 1.807) is 65.8 Å². The minimum atomic E-state index is -1.20. The van der Waals surface area contributed by atoms with Crippen molar-refractivity contribution in [1.82, 2.24) is 15.3 Å². The van der Waals surface area contributed by atoms with Crippen molar-refractivity contribution in [2.24, 2.45) is 0 Å². The molecule has 2 aromatic carbocycles. The first-order chi connectivity index (χ1) is 17.3. The fourth-order valence-electron chi connectivity index (χ4n) is 3.17. The summed E-state index contributed by atoms with van der Waals surface area (Å²) in [6.45, 7) is -0.0782. The minimum Gasteiger partial charge on any atom is -0.480 e. The summed E-state index contributed by atoms with van der Waals surface area (Å²) in [5, 5.41) is 12.2. The van der Waals surface area contributed by atoms with E-state index in [1.807, 2.05) is 0 Å². The number of esters is 1. The number of hydrogen-bond acceptors (Lipinski definition) is 7. The number of ether oxygens (including phenoxy) is 1. The van der Waals surface area contributed by atoms with Crippen molar-refractivity contribution in [2.45, 2.75) is 12.5 Å². The van der Waals surface area contributed by atoms with Crippen LogP contribution in [0.1, 0.15) is 22.3 Å². The fourth-order valence-corrected chi connectivity index (χ4v) is 3.74. The SMILES string of the molecule is COC(=O)CN(c1ccc(/C=C/CC(NC(=O)c2c(Cl)cccc2Cl)C(=O)O)cc1)c1ncccn1. The van der Waals surface area contributed by atoms with Crippen molar-refractivity contribution in [1.29, 1.82) is 0 Å². The van der Waals surface area contributed by atoms with Crippen LogP contribution in [-0.2, 0) is 14.3 Å². The number of amides is 1. The van der Waals surface area contributed by atoms with Crippen molar-refractivity contribution in [2.75, 3.05) is 18.6 Å². The number of carbonyl (C=O) groups excluding carboxylic acids is 2. The Hall–Kier alpha value is -3.95. The van der Waals surface area contributed by atoms with Gasteiger partial charge in [0.2, 0.25) is 5.95 Å². The predicted octanol–water partition coefficient (Wildman–Crippen LogP) is 4.38. The molecule has 11 heteroatoms. The van der Waals surface area contributed by atoms with Crippen molar-refractivity contribution in [3.8, 4) is 0 Å². The smallest absolute Gasteiger partial charge is 0.326 e. The molecule has 0 spiro atoms. The number of aliphatic carboxylic acids is 1. The maximum absolute atomic E-state index is 12.5. The second-order valence-electron chi connectivity index (χ2n) is 7.40. The number of anilines is 2. The van der Waals surface area contributed by atoms with Gasteiger partial charge in [-0.25, -0.2) is 14.8 Å². The average molecular weight is 529 g/mol. The van der Waals surface area contributed by atoms with E-state index in [1.165, 1.54) is 19.2 Å². The molecule has 3 rings (SSSR count). The van der Waals surface area contributed by atoms with E-state index in [0.29, 0.717) is 11.6 Å². The molecule has 0 aliphatic rings. The summed E-state index contributed by atoms with van der Waals surface area (Å²) < 4.78 is 4.77. The highest BCUT2D eigenvalue weighted by Gasteiger charge is 2.22. The second-order valence-corrected chi connectivity index (χ2v) is 8.22. The molecule has 1 heterocycles. The molecule has 0 aliphatic carbocycles. The zero-order valence-corrected chi connectivity index (χ0v) is 20.6. The van der Waals surface area contributed by atoms with Crippen molar-refractivity contribution < 1.29 is 24.2 Å². The molecule has 36 heavy (non-hydrogen) atoms. The normalized spacial score (nSPS) is 11.6. The van der Waals surface area contributed by atoms with E-state index in [0.717, 1.165) is 5.56 Å². The van der Waals surface area contributed by atoms with Crippen LogP contribution in [0.15, 0.2) is 67.0 Å². The van der Waals surface area contributed by atoms with Gasteiger partial charge in [-0.3, -0.25) is 14.5 Å². The number of methoxy groups -OCH3 is 1. The van der Waals surface area contributed by atoms with Crippen LogP contribution in [0, 0.1) is 0 Å². The molecule has 0 saturated carbocycles. The van der Waals surface area contributed by atoms with Crippen LogP contribution in [-0.4, -0.2) is 52.6 Å². The first kappa shape index (κ1) is 26.7. The van der Waals surface area contributed by atoms with E-state index in [4.69, 9.17) is 27.9 Å². The largest absolute Gasteiger partial charge is 0.480 e. The van der Waals surface area contributed by atoms with Gasteiger partial charge in [-0.2, -0.15) is 0 Å². The quantitative estimate of drug-likeness (QED) is 0.371. The number of carboxylic acids is 1. The Kier molecular flexibility index (Phi) is 9.38. The number of nitrogens with one attached hydrogen (secondary N) is 1. The van der Waals surface area contributed by atoms with Crippen LogP contribution < -0.4 is 10.2 Å². The monoisotopic (exact) mass is 528 g/mol. The van der Waals surface area contributed by atoms with Gasteiger partial charge in [0.1, 0.15) is 12.6 Å². The van der Waals surface area contributed by atoms with Gasteiger partial charge in [0.05, 0.1) is 22.7 Å². The van der Waals surface area contributed by atoms with Gasteiger partial charge < -0.3 is 15.2 Å². The minimum absolute atomic E-state index is 0.0190. The summed E-state index contributed by atoms with van der Waals surface area (Å²) in [5.74, 6) is -1.99. The van der Waals surface area contributed by atoms with Gasteiger partial charge in [-0.1, -0.05) is 53.6 Å². The van der Waals surface area contributed by atoms with Crippen LogP contribution in [0.3, 0.4) is 0 Å². The molecule has 0 fully saturated rings. The predicted molar refractivity (Wildman–Crippen MR) is 136 cm³/mol. The Balaban J connectivity index is 1.69. The lowest BCUT2D eigenvalue weighted by atomic mass is 10.1. The summed E-state index contributed by atoms with van der Waals surface area (Å²) in [6, 6.07) is 12.2. The second kappa shape index (κ2) is 12.7. The summed E-state index contributed by atoms with van der Waals surface area (Å²) >= 11 is 12.1.